The number of nitro groups is 1. The van der Waals surface area contributed by atoms with Gasteiger partial charge in [0.1, 0.15) is 0 Å². The van der Waals surface area contributed by atoms with Gasteiger partial charge in [-0.1, -0.05) is 35.5 Å². The van der Waals surface area contributed by atoms with Gasteiger partial charge in [0.15, 0.2) is 5.11 Å². The minimum absolute atomic E-state index is 0.0833. The molecule has 1 saturated heterocycles. The van der Waals surface area contributed by atoms with Crippen molar-refractivity contribution >= 4 is 40.5 Å². The van der Waals surface area contributed by atoms with Gasteiger partial charge in [0.2, 0.25) is 0 Å². The van der Waals surface area contributed by atoms with E-state index in [2.05, 4.69) is 90.2 Å². The molecule has 1 aliphatic heterocycles. The van der Waals surface area contributed by atoms with E-state index in [0.717, 1.165) is 38.2 Å². The SMILES string of the molecule is Cc1ccc(-n2c(C)cc([C@H]3[C@@H](c4ccccn4)NC(=S)N3c3ccc(Sc4ccc([N+](=O)[O-])cc4)cc3)c2C)cc1. The number of aryl methyl sites for hydroxylation is 2. The summed E-state index contributed by atoms with van der Waals surface area (Å²) in [6.07, 6.45) is 1.82. The number of hydrogen-bond donors (Lipinski definition) is 1. The summed E-state index contributed by atoms with van der Waals surface area (Å²) in [5, 5.41) is 15.2. The largest absolute Gasteiger partial charge is 0.351 e. The number of pyridine rings is 1. The van der Waals surface area contributed by atoms with Crippen LogP contribution in [0.1, 0.15) is 40.3 Å². The average molecular weight is 592 g/mol. The molecule has 0 spiro atoms. The van der Waals surface area contributed by atoms with Crippen LogP contribution in [0.25, 0.3) is 5.69 Å². The van der Waals surface area contributed by atoms with Crippen LogP contribution in [0, 0.1) is 30.9 Å². The Labute approximate surface area is 254 Å². The minimum Gasteiger partial charge on any atom is -0.351 e. The first-order valence-corrected chi connectivity index (χ1v) is 14.8. The maximum Gasteiger partial charge on any atom is 0.269 e. The Balaban J connectivity index is 1.37. The molecule has 7 nitrogen and oxygen atoms in total. The molecule has 1 fully saturated rings. The monoisotopic (exact) mass is 591 g/mol. The molecule has 1 aliphatic rings. The zero-order valence-electron chi connectivity index (χ0n) is 23.4. The first-order valence-electron chi connectivity index (χ1n) is 13.6. The van der Waals surface area contributed by atoms with E-state index in [9.17, 15) is 10.1 Å². The number of anilines is 1. The fourth-order valence-electron chi connectivity index (χ4n) is 5.57. The zero-order valence-corrected chi connectivity index (χ0v) is 25.0. The topological polar surface area (TPSA) is 76.2 Å². The molecule has 2 atom stereocenters. The van der Waals surface area contributed by atoms with Crippen LogP contribution in [0.4, 0.5) is 11.4 Å². The Morgan fingerprint density at radius 2 is 1.52 bits per heavy atom. The molecule has 0 bridgehead atoms. The van der Waals surface area contributed by atoms with Gasteiger partial charge in [0, 0.05) is 50.9 Å². The summed E-state index contributed by atoms with van der Waals surface area (Å²) in [6.45, 7) is 6.41. The van der Waals surface area contributed by atoms with Gasteiger partial charge in [-0.25, -0.2) is 0 Å². The lowest BCUT2D eigenvalue weighted by Gasteiger charge is -2.28. The molecular weight excluding hydrogens is 563 g/mol. The van der Waals surface area contributed by atoms with Gasteiger partial charge in [-0.05, 0) is 105 Å². The molecule has 3 heterocycles. The second kappa shape index (κ2) is 11.4. The van der Waals surface area contributed by atoms with Gasteiger partial charge in [-0.2, -0.15) is 0 Å². The van der Waals surface area contributed by atoms with E-state index in [1.807, 2.05) is 24.4 Å². The van der Waals surface area contributed by atoms with Gasteiger partial charge in [0.05, 0.1) is 22.7 Å². The van der Waals surface area contributed by atoms with Crippen LogP contribution < -0.4 is 10.2 Å². The second-order valence-corrected chi connectivity index (χ2v) is 11.9. The van der Waals surface area contributed by atoms with Crippen LogP contribution in [0.5, 0.6) is 0 Å². The van der Waals surface area contributed by atoms with Crippen LogP contribution in [0.3, 0.4) is 0 Å². The highest BCUT2D eigenvalue weighted by atomic mass is 32.2. The van der Waals surface area contributed by atoms with E-state index in [0.29, 0.717) is 5.11 Å². The van der Waals surface area contributed by atoms with E-state index in [1.165, 1.54) is 23.3 Å². The van der Waals surface area contributed by atoms with Gasteiger partial charge >= 0.3 is 0 Å². The Morgan fingerprint density at radius 1 is 0.881 bits per heavy atom. The summed E-state index contributed by atoms with van der Waals surface area (Å²) in [4.78, 5) is 19.5. The van der Waals surface area contributed by atoms with Crippen molar-refractivity contribution in [2.24, 2.45) is 0 Å². The molecule has 42 heavy (non-hydrogen) atoms. The number of hydrogen-bond acceptors (Lipinski definition) is 5. The lowest BCUT2D eigenvalue weighted by atomic mass is 9.96. The highest BCUT2D eigenvalue weighted by Gasteiger charge is 2.42. The minimum atomic E-state index is -0.386. The number of benzene rings is 3. The molecule has 1 N–H and O–H groups in total. The van der Waals surface area contributed by atoms with Crippen LogP contribution in [-0.2, 0) is 0 Å². The highest BCUT2D eigenvalue weighted by Crippen LogP contribution is 2.44. The molecule has 2 aromatic heterocycles. The predicted molar refractivity (Wildman–Crippen MR) is 172 cm³/mol. The van der Waals surface area contributed by atoms with Crippen molar-refractivity contribution in [1.29, 1.82) is 0 Å². The molecule has 0 amide bonds. The third-order valence-electron chi connectivity index (χ3n) is 7.58. The summed E-state index contributed by atoms with van der Waals surface area (Å²) < 4.78 is 2.30. The van der Waals surface area contributed by atoms with Crippen molar-refractivity contribution in [3.05, 3.63) is 142 Å². The van der Waals surface area contributed by atoms with Gasteiger partial charge in [0.25, 0.3) is 5.69 Å². The number of nitrogens with zero attached hydrogens (tertiary/aromatic N) is 4. The molecule has 0 aliphatic carbocycles. The number of nitro benzene ring substituents is 1. The van der Waals surface area contributed by atoms with Gasteiger partial charge in [-0.3, -0.25) is 15.1 Å². The fourth-order valence-corrected chi connectivity index (χ4v) is 6.74. The Kier molecular flexibility index (Phi) is 7.53. The third kappa shape index (κ3) is 5.29. The van der Waals surface area contributed by atoms with Gasteiger partial charge < -0.3 is 14.8 Å². The lowest BCUT2D eigenvalue weighted by molar-refractivity contribution is -0.384. The smallest absolute Gasteiger partial charge is 0.269 e. The zero-order chi connectivity index (χ0) is 29.4. The van der Waals surface area contributed by atoms with E-state index >= 15 is 0 Å². The van der Waals surface area contributed by atoms with E-state index < -0.39 is 0 Å². The van der Waals surface area contributed by atoms with Gasteiger partial charge in [-0.15, -0.1) is 0 Å². The standard InChI is InChI=1S/C33H29N5O2S2/c1-21-7-9-24(10-8-21)36-22(2)20-29(23(36)3)32-31(30-6-4-5-19-34-30)35-33(41)37(32)25-11-15-27(16-12-25)42-28-17-13-26(14-18-28)38(39)40/h4-20,31-32H,1-3H3,(H,35,41)/t31-,32+/m1/s1. The van der Waals surface area contributed by atoms with Crippen molar-refractivity contribution in [3.63, 3.8) is 0 Å². The summed E-state index contributed by atoms with van der Waals surface area (Å²) >= 11 is 7.52. The molecule has 0 radical (unpaired) electrons. The lowest BCUT2D eigenvalue weighted by Crippen LogP contribution is -2.29. The van der Waals surface area contributed by atoms with Crippen molar-refractivity contribution < 1.29 is 4.92 Å². The molecule has 9 heteroatoms. The summed E-state index contributed by atoms with van der Waals surface area (Å²) in [7, 11) is 0. The molecule has 0 unspecified atom stereocenters. The molecule has 5 aromatic rings. The van der Waals surface area contributed by atoms with Crippen molar-refractivity contribution in [3.8, 4) is 5.69 Å². The number of aromatic nitrogens is 2. The number of non-ortho nitro benzene ring substituents is 1. The number of thiocarbonyl (C=S) groups is 1. The molecule has 210 valence electrons. The third-order valence-corrected chi connectivity index (χ3v) is 8.91. The van der Waals surface area contributed by atoms with Crippen LogP contribution >= 0.6 is 24.0 Å². The second-order valence-electron chi connectivity index (χ2n) is 10.3. The maximum atomic E-state index is 11.0. The van der Waals surface area contributed by atoms with E-state index in [4.69, 9.17) is 17.2 Å². The Morgan fingerprint density at radius 3 is 2.14 bits per heavy atom. The quantitative estimate of drug-likeness (QED) is 0.117. The summed E-state index contributed by atoms with van der Waals surface area (Å²) in [6, 6.07) is 31.4. The average Bonchev–Trinajstić information content (AvgIpc) is 3.49. The summed E-state index contributed by atoms with van der Waals surface area (Å²) in [5.41, 5.74) is 7.83. The Hall–Kier alpha value is -4.47. The first-order chi connectivity index (χ1) is 20.3. The van der Waals surface area contributed by atoms with Crippen LogP contribution in [-0.4, -0.2) is 19.6 Å². The Bertz CT molecular complexity index is 1750. The van der Waals surface area contributed by atoms with E-state index in [-0.39, 0.29) is 22.7 Å². The summed E-state index contributed by atoms with van der Waals surface area (Å²) in [5.74, 6) is 0. The molecular formula is C33H29N5O2S2. The van der Waals surface area contributed by atoms with E-state index in [1.54, 1.807) is 23.9 Å². The molecule has 0 saturated carbocycles. The number of rotatable bonds is 7. The van der Waals surface area contributed by atoms with Crippen LogP contribution in [0.15, 0.2) is 113 Å². The molecule has 3 aromatic carbocycles. The maximum absolute atomic E-state index is 11.0. The molecule has 6 rings (SSSR count). The highest BCUT2D eigenvalue weighted by molar-refractivity contribution is 7.99. The van der Waals surface area contributed by atoms with Crippen molar-refractivity contribution in [2.45, 2.75) is 42.6 Å². The van der Waals surface area contributed by atoms with Crippen LogP contribution in [0.2, 0.25) is 0 Å². The van der Waals surface area contributed by atoms with Crippen molar-refractivity contribution in [2.75, 3.05) is 4.90 Å². The predicted octanol–water partition coefficient (Wildman–Crippen LogP) is 8.03. The van der Waals surface area contributed by atoms with Crippen molar-refractivity contribution in [1.82, 2.24) is 14.9 Å². The fraction of sp³-hybridized carbons (Fsp3) is 0.152. The number of nitrogens with one attached hydrogen (secondary N) is 1. The first kappa shape index (κ1) is 27.7. The normalized spacial score (nSPS) is 16.5.